The Kier molecular flexibility index (Phi) is 6.90. The molecule has 0 saturated heterocycles. The third-order valence-corrected chi connectivity index (χ3v) is 8.85. The summed E-state index contributed by atoms with van der Waals surface area (Å²) in [6, 6.07) is 17.7. The highest BCUT2D eigenvalue weighted by molar-refractivity contribution is 7.89. The maximum Gasteiger partial charge on any atom is 0.324 e. The molecule has 5 rings (SSSR count). The van der Waals surface area contributed by atoms with Gasteiger partial charge < -0.3 is 19.2 Å². The number of fused-ring (bicyclic) bond motifs is 3. The van der Waals surface area contributed by atoms with Crippen LogP contribution in [0.25, 0.3) is 10.9 Å². The summed E-state index contributed by atoms with van der Waals surface area (Å²) in [4.78, 5) is 17.0. The van der Waals surface area contributed by atoms with E-state index in [0.717, 1.165) is 22.0 Å². The number of methoxy groups -OCH3 is 2. The number of aryl methyl sites for hydroxylation is 1. The highest BCUT2D eigenvalue weighted by atomic mass is 32.2. The number of hydrogen-bond acceptors (Lipinski definition) is 6. The molecule has 0 saturated carbocycles. The standard InChI is InChI=1S/C29H30N2O6S/c1-5-37-29(32)24-17-22-21-8-6-7-9-23(21)30-27(22)28(19-12-15-25(35-3)26(16-19)36-4)31(24)38(33,34)20-13-10-18(2)11-14-20/h6-16,24,28,30H,5,17H2,1-4H3. The van der Waals surface area contributed by atoms with Crippen molar-refractivity contribution >= 4 is 26.9 Å². The summed E-state index contributed by atoms with van der Waals surface area (Å²) >= 11 is 0. The molecule has 0 spiro atoms. The largest absolute Gasteiger partial charge is 0.493 e. The quantitative estimate of drug-likeness (QED) is 0.343. The number of aromatic amines is 1. The van der Waals surface area contributed by atoms with Gasteiger partial charge >= 0.3 is 5.97 Å². The van der Waals surface area contributed by atoms with Crippen LogP contribution in [0.15, 0.2) is 71.6 Å². The van der Waals surface area contributed by atoms with Gasteiger partial charge in [-0.3, -0.25) is 4.79 Å². The lowest BCUT2D eigenvalue weighted by Crippen LogP contribution is -2.52. The van der Waals surface area contributed by atoms with Gasteiger partial charge in [-0.2, -0.15) is 4.31 Å². The first-order chi connectivity index (χ1) is 18.3. The summed E-state index contributed by atoms with van der Waals surface area (Å²) in [5.41, 5.74) is 4.00. The van der Waals surface area contributed by atoms with E-state index in [4.69, 9.17) is 14.2 Å². The van der Waals surface area contributed by atoms with Crippen molar-refractivity contribution in [3.8, 4) is 11.5 Å². The van der Waals surface area contributed by atoms with Gasteiger partial charge in [0.05, 0.1) is 31.8 Å². The highest BCUT2D eigenvalue weighted by Crippen LogP contribution is 2.45. The van der Waals surface area contributed by atoms with E-state index in [2.05, 4.69) is 4.98 Å². The summed E-state index contributed by atoms with van der Waals surface area (Å²) in [5.74, 6) is 0.372. The van der Waals surface area contributed by atoms with Crippen LogP contribution >= 0.6 is 0 Å². The van der Waals surface area contributed by atoms with Crippen molar-refractivity contribution in [2.75, 3.05) is 20.8 Å². The number of hydrogen-bond donors (Lipinski definition) is 1. The van der Waals surface area contributed by atoms with Gasteiger partial charge in [0.25, 0.3) is 0 Å². The van der Waals surface area contributed by atoms with Gasteiger partial charge in [-0.15, -0.1) is 0 Å². The number of carbonyl (C=O) groups excluding carboxylic acids is 1. The van der Waals surface area contributed by atoms with E-state index >= 15 is 0 Å². The Balaban J connectivity index is 1.81. The van der Waals surface area contributed by atoms with Crippen molar-refractivity contribution in [3.05, 3.63) is 89.1 Å². The van der Waals surface area contributed by atoms with E-state index in [1.165, 1.54) is 11.4 Å². The molecule has 38 heavy (non-hydrogen) atoms. The number of rotatable bonds is 7. The number of sulfonamides is 1. The zero-order valence-corrected chi connectivity index (χ0v) is 22.5. The van der Waals surface area contributed by atoms with E-state index < -0.39 is 28.1 Å². The lowest BCUT2D eigenvalue weighted by molar-refractivity contribution is -0.148. The Morgan fingerprint density at radius 3 is 2.39 bits per heavy atom. The van der Waals surface area contributed by atoms with Crippen molar-refractivity contribution in [2.24, 2.45) is 0 Å². The highest BCUT2D eigenvalue weighted by Gasteiger charge is 2.48. The molecular weight excluding hydrogens is 504 g/mol. The molecule has 1 aliphatic rings. The number of H-pyrrole nitrogens is 1. The van der Waals surface area contributed by atoms with Crippen molar-refractivity contribution in [3.63, 3.8) is 0 Å². The van der Waals surface area contributed by atoms with Crippen molar-refractivity contribution < 1.29 is 27.4 Å². The zero-order chi connectivity index (χ0) is 27.0. The Morgan fingerprint density at radius 2 is 1.71 bits per heavy atom. The summed E-state index contributed by atoms with van der Waals surface area (Å²) in [5, 5.41) is 0.939. The lowest BCUT2D eigenvalue weighted by atomic mass is 9.90. The Hall–Kier alpha value is -3.82. The van der Waals surface area contributed by atoms with Crippen molar-refractivity contribution in [1.82, 2.24) is 9.29 Å². The molecule has 1 aliphatic heterocycles. The molecular formula is C29H30N2O6S. The SMILES string of the molecule is CCOC(=O)C1Cc2c([nH]c3ccccc23)C(c2ccc(OC)c(OC)c2)N1S(=O)(=O)c1ccc(C)cc1. The number of benzene rings is 3. The molecule has 2 atom stereocenters. The van der Waals surface area contributed by atoms with Crippen molar-refractivity contribution in [1.29, 1.82) is 0 Å². The van der Waals surface area contributed by atoms with Crippen molar-refractivity contribution in [2.45, 2.75) is 37.2 Å². The van der Waals surface area contributed by atoms with Gasteiger partial charge in [0, 0.05) is 23.0 Å². The van der Waals surface area contributed by atoms with E-state index in [1.54, 1.807) is 56.5 Å². The first-order valence-electron chi connectivity index (χ1n) is 12.4. The van der Waals surface area contributed by atoms with Crippen LogP contribution in [0.2, 0.25) is 0 Å². The minimum absolute atomic E-state index is 0.0995. The second-order valence-corrected chi connectivity index (χ2v) is 11.0. The van der Waals surface area contributed by atoms with E-state index in [-0.39, 0.29) is 17.9 Å². The molecule has 0 radical (unpaired) electrons. The van der Waals surface area contributed by atoms with Gasteiger partial charge in [-0.05, 0) is 55.3 Å². The molecule has 8 nitrogen and oxygen atoms in total. The Morgan fingerprint density at radius 1 is 1.00 bits per heavy atom. The van der Waals surface area contributed by atoms with Crippen LogP contribution in [0.3, 0.4) is 0 Å². The fourth-order valence-corrected chi connectivity index (χ4v) is 6.89. The average molecular weight is 535 g/mol. The van der Waals surface area contributed by atoms with Gasteiger partial charge in [0.1, 0.15) is 6.04 Å². The molecule has 198 valence electrons. The molecule has 0 fully saturated rings. The molecule has 2 heterocycles. The molecule has 2 unspecified atom stereocenters. The van der Waals surface area contributed by atoms with Crippen LogP contribution in [0.4, 0.5) is 0 Å². The maximum atomic E-state index is 14.4. The third kappa shape index (κ3) is 4.31. The monoisotopic (exact) mass is 534 g/mol. The molecule has 0 amide bonds. The van der Waals surface area contributed by atoms with Crippen LogP contribution in [0.1, 0.15) is 35.3 Å². The zero-order valence-electron chi connectivity index (χ0n) is 21.7. The second-order valence-electron chi connectivity index (χ2n) is 9.20. The minimum atomic E-state index is -4.16. The Bertz CT molecular complexity index is 1590. The normalized spacial score (nSPS) is 17.7. The molecule has 9 heteroatoms. The first kappa shape index (κ1) is 25.8. The summed E-state index contributed by atoms with van der Waals surface area (Å²) in [6.45, 7) is 3.74. The van der Waals surface area contributed by atoms with Crippen LogP contribution in [0, 0.1) is 6.92 Å². The molecule has 0 bridgehead atoms. The predicted molar refractivity (Wildman–Crippen MR) is 144 cm³/mol. The number of ether oxygens (including phenoxy) is 3. The molecule has 4 aromatic rings. The number of para-hydroxylation sites is 1. The third-order valence-electron chi connectivity index (χ3n) is 6.96. The van der Waals surface area contributed by atoms with Gasteiger partial charge in [-0.25, -0.2) is 8.42 Å². The average Bonchev–Trinajstić information content (AvgIpc) is 3.30. The predicted octanol–water partition coefficient (Wildman–Crippen LogP) is 4.76. The molecule has 0 aliphatic carbocycles. The van der Waals surface area contributed by atoms with Crippen LogP contribution < -0.4 is 9.47 Å². The van der Waals surface area contributed by atoms with Crippen LogP contribution in [-0.4, -0.2) is 50.5 Å². The fourth-order valence-electron chi connectivity index (χ4n) is 5.17. The molecule has 3 aromatic carbocycles. The minimum Gasteiger partial charge on any atom is -0.493 e. The van der Waals surface area contributed by atoms with E-state index in [1.807, 2.05) is 31.2 Å². The summed E-state index contributed by atoms with van der Waals surface area (Å²) in [6.07, 6.45) is 0.174. The van der Waals surface area contributed by atoms with Crippen LogP contribution in [-0.2, 0) is 26.0 Å². The Labute approximate surface area is 222 Å². The van der Waals surface area contributed by atoms with Gasteiger partial charge in [0.15, 0.2) is 11.5 Å². The number of carbonyl (C=O) groups is 1. The number of esters is 1. The molecule has 1 aromatic heterocycles. The van der Waals surface area contributed by atoms with E-state index in [0.29, 0.717) is 22.8 Å². The number of aromatic nitrogens is 1. The summed E-state index contributed by atoms with van der Waals surface area (Å²) < 4.78 is 46.4. The summed E-state index contributed by atoms with van der Waals surface area (Å²) in [7, 11) is -1.10. The first-order valence-corrected chi connectivity index (χ1v) is 13.8. The van der Waals surface area contributed by atoms with Gasteiger partial charge in [-0.1, -0.05) is 42.0 Å². The lowest BCUT2D eigenvalue weighted by Gasteiger charge is -2.40. The van der Waals surface area contributed by atoms with E-state index in [9.17, 15) is 13.2 Å². The number of nitrogens with one attached hydrogen (secondary N) is 1. The number of nitrogens with zero attached hydrogens (tertiary/aromatic N) is 1. The smallest absolute Gasteiger partial charge is 0.324 e. The maximum absolute atomic E-state index is 14.4. The van der Waals surface area contributed by atoms with Crippen LogP contribution in [0.5, 0.6) is 11.5 Å². The van der Waals surface area contributed by atoms with Gasteiger partial charge in [0.2, 0.25) is 10.0 Å². The molecule has 1 N–H and O–H groups in total. The topological polar surface area (TPSA) is 97.9 Å². The second kappa shape index (κ2) is 10.2. The fraction of sp³-hybridized carbons (Fsp3) is 0.276.